The van der Waals surface area contributed by atoms with Gasteiger partial charge in [0.05, 0.1) is 11.6 Å². The first-order valence-electron chi connectivity index (χ1n) is 4.82. The summed E-state index contributed by atoms with van der Waals surface area (Å²) in [6, 6.07) is 13.8. The number of hydrogen-bond acceptors (Lipinski definition) is 2. The van der Waals surface area contributed by atoms with Gasteiger partial charge in [-0.1, -0.05) is 11.8 Å². The van der Waals surface area contributed by atoms with Gasteiger partial charge in [-0.15, -0.1) is 0 Å². The maximum absolute atomic E-state index is 12.7. The SMILES string of the molecule is N#Cc1ccc(Sc2ccc(F)cc2)c(Br)c1. The van der Waals surface area contributed by atoms with Crippen molar-refractivity contribution in [3.8, 4) is 6.07 Å². The van der Waals surface area contributed by atoms with Crippen LogP contribution < -0.4 is 0 Å². The lowest BCUT2D eigenvalue weighted by Crippen LogP contribution is -1.80. The molecular formula is C13H7BrFNS. The van der Waals surface area contributed by atoms with Gasteiger partial charge in [0.25, 0.3) is 0 Å². The molecule has 0 aliphatic rings. The van der Waals surface area contributed by atoms with E-state index >= 15 is 0 Å². The monoisotopic (exact) mass is 307 g/mol. The van der Waals surface area contributed by atoms with E-state index in [4.69, 9.17) is 5.26 Å². The van der Waals surface area contributed by atoms with E-state index in [-0.39, 0.29) is 5.82 Å². The molecule has 0 aliphatic heterocycles. The summed E-state index contributed by atoms with van der Waals surface area (Å²) >= 11 is 4.93. The number of benzene rings is 2. The summed E-state index contributed by atoms with van der Waals surface area (Å²) < 4.78 is 13.6. The molecule has 0 amide bonds. The third kappa shape index (κ3) is 3.09. The van der Waals surface area contributed by atoms with Gasteiger partial charge in [-0.2, -0.15) is 5.26 Å². The maximum Gasteiger partial charge on any atom is 0.123 e. The zero-order valence-electron chi connectivity index (χ0n) is 8.65. The second-order valence-corrected chi connectivity index (χ2v) is 5.28. The molecule has 0 N–H and O–H groups in total. The Morgan fingerprint density at radius 3 is 2.41 bits per heavy atom. The van der Waals surface area contributed by atoms with Gasteiger partial charge in [0.15, 0.2) is 0 Å². The van der Waals surface area contributed by atoms with E-state index in [0.29, 0.717) is 5.56 Å². The molecule has 0 aromatic heterocycles. The molecule has 0 saturated carbocycles. The smallest absolute Gasteiger partial charge is 0.123 e. The van der Waals surface area contributed by atoms with Gasteiger partial charge in [0.1, 0.15) is 5.82 Å². The molecule has 84 valence electrons. The Hall–Kier alpha value is -1.31. The first-order valence-corrected chi connectivity index (χ1v) is 6.43. The lowest BCUT2D eigenvalue weighted by molar-refractivity contribution is 0.626. The van der Waals surface area contributed by atoms with Crippen LogP contribution in [0, 0.1) is 17.1 Å². The molecule has 0 unspecified atom stereocenters. The number of hydrogen-bond donors (Lipinski definition) is 0. The van der Waals surface area contributed by atoms with Crippen LogP contribution in [0.1, 0.15) is 5.56 Å². The normalized spacial score (nSPS) is 9.94. The molecule has 0 fully saturated rings. The van der Waals surface area contributed by atoms with Crippen molar-refractivity contribution in [3.63, 3.8) is 0 Å². The van der Waals surface area contributed by atoms with Crippen LogP contribution in [0.15, 0.2) is 56.7 Å². The van der Waals surface area contributed by atoms with E-state index in [0.717, 1.165) is 14.3 Å². The topological polar surface area (TPSA) is 23.8 Å². The Balaban J connectivity index is 2.25. The molecule has 0 saturated heterocycles. The maximum atomic E-state index is 12.7. The standard InChI is InChI=1S/C13H7BrFNS/c14-12-7-9(8-16)1-6-13(12)17-11-4-2-10(15)3-5-11/h1-7H. The minimum absolute atomic E-state index is 0.242. The summed E-state index contributed by atoms with van der Waals surface area (Å²) in [6.07, 6.45) is 0. The molecule has 2 rings (SSSR count). The van der Waals surface area contributed by atoms with Gasteiger partial charge < -0.3 is 0 Å². The zero-order chi connectivity index (χ0) is 12.3. The average molecular weight is 308 g/mol. The third-order valence-corrected chi connectivity index (χ3v) is 4.10. The van der Waals surface area contributed by atoms with Crippen LogP contribution in [0.4, 0.5) is 4.39 Å². The Morgan fingerprint density at radius 2 is 1.82 bits per heavy atom. The predicted molar refractivity (Wildman–Crippen MR) is 69.4 cm³/mol. The predicted octanol–water partition coefficient (Wildman–Crippen LogP) is 4.61. The van der Waals surface area contributed by atoms with E-state index in [1.165, 1.54) is 23.9 Å². The summed E-state index contributed by atoms with van der Waals surface area (Å²) in [4.78, 5) is 1.95. The molecule has 2 aromatic carbocycles. The van der Waals surface area contributed by atoms with Crippen molar-refractivity contribution in [1.29, 1.82) is 5.26 Å². The van der Waals surface area contributed by atoms with Gasteiger partial charge in [0, 0.05) is 14.3 Å². The number of nitriles is 1. The van der Waals surface area contributed by atoms with E-state index in [1.54, 1.807) is 24.3 Å². The van der Waals surface area contributed by atoms with E-state index in [2.05, 4.69) is 22.0 Å². The Labute approximate surface area is 111 Å². The van der Waals surface area contributed by atoms with Crippen LogP contribution in [0.3, 0.4) is 0 Å². The van der Waals surface area contributed by atoms with Crippen molar-refractivity contribution in [1.82, 2.24) is 0 Å². The highest BCUT2D eigenvalue weighted by Gasteiger charge is 2.03. The molecule has 0 heterocycles. The molecule has 0 radical (unpaired) electrons. The van der Waals surface area contributed by atoms with Crippen molar-refractivity contribution in [2.24, 2.45) is 0 Å². The first kappa shape index (κ1) is 12.2. The van der Waals surface area contributed by atoms with Gasteiger partial charge in [0.2, 0.25) is 0 Å². The zero-order valence-corrected chi connectivity index (χ0v) is 11.1. The molecule has 1 nitrogen and oxygen atoms in total. The molecular weight excluding hydrogens is 301 g/mol. The largest absolute Gasteiger partial charge is 0.207 e. The van der Waals surface area contributed by atoms with Crippen LogP contribution in [0.25, 0.3) is 0 Å². The summed E-state index contributed by atoms with van der Waals surface area (Å²) in [6.45, 7) is 0. The van der Waals surface area contributed by atoms with Gasteiger partial charge in [-0.05, 0) is 58.4 Å². The summed E-state index contributed by atoms with van der Waals surface area (Å²) in [5.74, 6) is -0.242. The fraction of sp³-hybridized carbons (Fsp3) is 0. The van der Waals surface area contributed by atoms with Crippen molar-refractivity contribution in [3.05, 3.63) is 58.3 Å². The lowest BCUT2D eigenvalue weighted by atomic mass is 10.2. The molecule has 0 bridgehead atoms. The van der Waals surface area contributed by atoms with Crippen molar-refractivity contribution in [2.45, 2.75) is 9.79 Å². The van der Waals surface area contributed by atoms with Crippen molar-refractivity contribution < 1.29 is 4.39 Å². The van der Waals surface area contributed by atoms with Crippen LogP contribution in [-0.4, -0.2) is 0 Å². The van der Waals surface area contributed by atoms with Gasteiger partial charge in [-0.3, -0.25) is 0 Å². The second kappa shape index (κ2) is 5.35. The second-order valence-electron chi connectivity index (χ2n) is 3.31. The fourth-order valence-electron chi connectivity index (χ4n) is 1.28. The first-order chi connectivity index (χ1) is 8.19. The molecule has 0 spiro atoms. The Bertz CT molecular complexity index is 575. The minimum atomic E-state index is -0.242. The Kier molecular flexibility index (Phi) is 3.82. The minimum Gasteiger partial charge on any atom is -0.207 e. The molecule has 0 atom stereocenters. The van der Waals surface area contributed by atoms with Crippen LogP contribution in [0.5, 0.6) is 0 Å². The number of nitrogens with zero attached hydrogens (tertiary/aromatic N) is 1. The highest BCUT2D eigenvalue weighted by atomic mass is 79.9. The fourth-order valence-corrected chi connectivity index (χ4v) is 2.72. The summed E-state index contributed by atoms with van der Waals surface area (Å²) in [7, 11) is 0. The van der Waals surface area contributed by atoms with Gasteiger partial charge >= 0.3 is 0 Å². The quantitative estimate of drug-likeness (QED) is 0.809. The van der Waals surface area contributed by atoms with Crippen molar-refractivity contribution >= 4 is 27.7 Å². The van der Waals surface area contributed by atoms with E-state index in [9.17, 15) is 4.39 Å². The van der Waals surface area contributed by atoms with Crippen molar-refractivity contribution in [2.75, 3.05) is 0 Å². The molecule has 4 heteroatoms. The highest BCUT2D eigenvalue weighted by Crippen LogP contribution is 2.33. The summed E-state index contributed by atoms with van der Waals surface area (Å²) in [5, 5.41) is 8.75. The van der Waals surface area contributed by atoms with Crippen LogP contribution >= 0.6 is 27.7 Å². The van der Waals surface area contributed by atoms with E-state index < -0.39 is 0 Å². The molecule has 0 aliphatic carbocycles. The number of rotatable bonds is 2. The van der Waals surface area contributed by atoms with Crippen LogP contribution in [0.2, 0.25) is 0 Å². The van der Waals surface area contributed by atoms with Crippen LogP contribution in [-0.2, 0) is 0 Å². The number of halogens is 2. The summed E-state index contributed by atoms with van der Waals surface area (Å²) in [5.41, 5.74) is 0.611. The van der Waals surface area contributed by atoms with E-state index in [1.807, 2.05) is 6.07 Å². The Morgan fingerprint density at radius 1 is 1.12 bits per heavy atom. The average Bonchev–Trinajstić information content (AvgIpc) is 2.34. The third-order valence-electron chi connectivity index (χ3n) is 2.10. The highest BCUT2D eigenvalue weighted by molar-refractivity contribution is 9.10. The lowest BCUT2D eigenvalue weighted by Gasteiger charge is -2.04. The van der Waals surface area contributed by atoms with Gasteiger partial charge in [-0.25, -0.2) is 4.39 Å². The molecule has 2 aromatic rings. The molecule has 17 heavy (non-hydrogen) atoms.